The van der Waals surface area contributed by atoms with Crippen LogP contribution in [0.2, 0.25) is 0 Å². The predicted molar refractivity (Wildman–Crippen MR) is 74.0 cm³/mol. The van der Waals surface area contributed by atoms with Crippen LogP contribution in [0.3, 0.4) is 0 Å². The fourth-order valence-electron chi connectivity index (χ4n) is 1.97. The quantitative estimate of drug-likeness (QED) is 0.361. The summed E-state index contributed by atoms with van der Waals surface area (Å²) < 4.78 is 5.07. The number of hydrogen-bond acceptors (Lipinski definition) is 2. The van der Waals surface area contributed by atoms with Crippen LogP contribution in [0.5, 0.6) is 0 Å². The molecule has 2 nitrogen and oxygen atoms in total. The van der Waals surface area contributed by atoms with Crippen molar-refractivity contribution in [2.45, 2.75) is 70.6 Å². The van der Waals surface area contributed by atoms with Gasteiger partial charge in [0, 0.05) is 6.61 Å². The van der Waals surface area contributed by atoms with E-state index >= 15 is 0 Å². The molecule has 0 heterocycles. The first kappa shape index (κ1) is 16.5. The number of hydrogen-bond donors (Lipinski definition) is 1. The Kier molecular flexibility index (Phi) is 15.0. The zero-order valence-corrected chi connectivity index (χ0v) is 11.3. The van der Waals surface area contributed by atoms with E-state index in [4.69, 9.17) is 9.84 Å². The van der Waals surface area contributed by atoms with Crippen LogP contribution in [-0.2, 0) is 4.74 Å². The summed E-state index contributed by atoms with van der Waals surface area (Å²) in [5.74, 6) is 0. The first-order valence-corrected chi connectivity index (χ1v) is 7.25. The van der Waals surface area contributed by atoms with E-state index in [1.165, 1.54) is 64.0 Å². The second-order valence-electron chi connectivity index (χ2n) is 4.65. The van der Waals surface area contributed by atoms with E-state index in [9.17, 15) is 0 Å². The van der Waals surface area contributed by atoms with Crippen molar-refractivity contribution in [2.24, 2.45) is 0 Å². The van der Waals surface area contributed by atoms with E-state index in [0.29, 0.717) is 6.61 Å². The van der Waals surface area contributed by atoms with Crippen LogP contribution in [0.4, 0.5) is 0 Å². The molecule has 102 valence electrons. The van der Waals surface area contributed by atoms with Crippen molar-refractivity contribution in [1.29, 1.82) is 0 Å². The van der Waals surface area contributed by atoms with Gasteiger partial charge in [-0.15, -0.1) is 0 Å². The highest BCUT2D eigenvalue weighted by Gasteiger charge is 1.93. The van der Waals surface area contributed by atoms with Crippen LogP contribution in [0.15, 0.2) is 12.8 Å². The maximum atomic E-state index is 8.63. The van der Waals surface area contributed by atoms with Crippen molar-refractivity contribution in [3.63, 3.8) is 0 Å². The summed E-state index contributed by atoms with van der Waals surface area (Å²) in [5.41, 5.74) is 0. The van der Waals surface area contributed by atoms with Gasteiger partial charge < -0.3 is 9.84 Å². The Morgan fingerprint density at radius 2 is 1.12 bits per heavy atom. The molecule has 0 aliphatic carbocycles. The minimum absolute atomic E-state index is 0.357. The van der Waals surface area contributed by atoms with Gasteiger partial charge in [0.1, 0.15) is 0 Å². The Balaban J connectivity index is 2.87. The molecule has 2 heteroatoms. The monoisotopic (exact) mass is 242 g/mol. The van der Waals surface area contributed by atoms with Crippen LogP contribution in [0.25, 0.3) is 0 Å². The molecule has 0 aromatic heterocycles. The Bertz CT molecular complexity index is 146. The van der Waals surface area contributed by atoms with Gasteiger partial charge in [0.2, 0.25) is 0 Å². The molecule has 0 amide bonds. The molecule has 0 aromatic rings. The standard InChI is InChI=1S/C15H30O2/c1-2-17-15-13-11-9-7-5-3-4-6-8-10-12-14-16/h2,16H,1,3-15H2. The number of rotatable bonds is 14. The van der Waals surface area contributed by atoms with E-state index in [0.717, 1.165) is 19.4 Å². The molecule has 17 heavy (non-hydrogen) atoms. The molecule has 0 saturated carbocycles. The molecule has 0 bridgehead atoms. The normalized spacial score (nSPS) is 10.4. The highest BCUT2D eigenvalue weighted by molar-refractivity contribution is 4.51. The van der Waals surface area contributed by atoms with Crippen molar-refractivity contribution in [3.8, 4) is 0 Å². The molecule has 0 aliphatic heterocycles. The van der Waals surface area contributed by atoms with Gasteiger partial charge in [0.05, 0.1) is 12.9 Å². The molecular weight excluding hydrogens is 212 g/mol. The Morgan fingerprint density at radius 1 is 0.706 bits per heavy atom. The number of aliphatic hydroxyl groups is 1. The molecule has 0 fully saturated rings. The summed E-state index contributed by atoms with van der Waals surface area (Å²) in [5, 5.41) is 8.63. The fourth-order valence-corrected chi connectivity index (χ4v) is 1.97. The molecule has 0 saturated heterocycles. The van der Waals surface area contributed by atoms with Crippen molar-refractivity contribution < 1.29 is 9.84 Å². The Labute approximate surface area is 107 Å². The minimum atomic E-state index is 0.357. The largest absolute Gasteiger partial charge is 0.502 e. The molecule has 0 atom stereocenters. The molecule has 0 radical (unpaired) electrons. The van der Waals surface area contributed by atoms with Gasteiger partial charge in [-0.05, 0) is 12.8 Å². The third-order valence-electron chi connectivity index (χ3n) is 3.04. The SMILES string of the molecule is C=COCCCCCCCCCCCCCO. The van der Waals surface area contributed by atoms with Crippen molar-refractivity contribution >= 4 is 0 Å². The van der Waals surface area contributed by atoms with Gasteiger partial charge in [-0.3, -0.25) is 0 Å². The highest BCUT2D eigenvalue weighted by Crippen LogP contribution is 2.11. The zero-order valence-electron chi connectivity index (χ0n) is 11.3. The predicted octanol–water partition coefficient (Wildman–Crippen LogP) is 4.43. The summed E-state index contributed by atoms with van der Waals surface area (Å²) >= 11 is 0. The first-order chi connectivity index (χ1) is 8.41. The molecule has 0 aliphatic rings. The molecule has 0 unspecified atom stereocenters. The maximum absolute atomic E-state index is 8.63. The third kappa shape index (κ3) is 15.5. The molecule has 1 N–H and O–H groups in total. The lowest BCUT2D eigenvalue weighted by Crippen LogP contribution is -1.88. The van der Waals surface area contributed by atoms with Crippen molar-refractivity contribution in [2.75, 3.05) is 13.2 Å². The lowest BCUT2D eigenvalue weighted by Gasteiger charge is -2.02. The Morgan fingerprint density at radius 3 is 1.53 bits per heavy atom. The van der Waals surface area contributed by atoms with Gasteiger partial charge in [-0.1, -0.05) is 64.4 Å². The van der Waals surface area contributed by atoms with Crippen LogP contribution in [0.1, 0.15) is 70.6 Å². The first-order valence-electron chi connectivity index (χ1n) is 7.25. The van der Waals surface area contributed by atoms with Gasteiger partial charge in [0.15, 0.2) is 0 Å². The topological polar surface area (TPSA) is 29.5 Å². The highest BCUT2D eigenvalue weighted by atomic mass is 16.5. The summed E-state index contributed by atoms with van der Waals surface area (Å²) in [6, 6.07) is 0. The molecule has 0 rings (SSSR count). The lowest BCUT2D eigenvalue weighted by molar-refractivity contribution is 0.241. The molecular formula is C15H30O2. The molecule has 0 aromatic carbocycles. The summed E-state index contributed by atoms with van der Waals surface area (Å²) in [4.78, 5) is 0. The van der Waals surface area contributed by atoms with E-state index in [-0.39, 0.29) is 0 Å². The van der Waals surface area contributed by atoms with Crippen molar-refractivity contribution in [3.05, 3.63) is 12.8 Å². The summed E-state index contributed by atoms with van der Waals surface area (Å²) in [7, 11) is 0. The van der Waals surface area contributed by atoms with E-state index in [1.54, 1.807) is 0 Å². The van der Waals surface area contributed by atoms with Gasteiger partial charge in [-0.2, -0.15) is 0 Å². The maximum Gasteiger partial charge on any atom is 0.0873 e. The van der Waals surface area contributed by atoms with Gasteiger partial charge in [-0.25, -0.2) is 0 Å². The third-order valence-corrected chi connectivity index (χ3v) is 3.04. The number of ether oxygens (including phenoxy) is 1. The average molecular weight is 242 g/mol. The number of unbranched alkanes of at least 4 members (excludes halogenated alkanes) is 10. The van der Waals surface area contributed by atoms with Crippen LogP contribution in [-0.4, -0.2) is 18.3 Å². The number of aliphatic hydroxyl groups excluding tert-OH is 1. The van der Waals surface area contributed by atoms with E-state index in [1.807, 2.05) is 0 Å². The van der Waals surface area contributed by atoms with E-state index < -0.39 is 0 Å². The smallest absolute Gasteiger partial charge is 0.0873 e. The van der Waals surface area contributed by atoms with Crippen LogP contribution < -0.4 is 0 Å². The van der Waals surface area contributed by atoms with E-state index in [2.05, 4.69) is 6.58 Å². The lowest BCUT2D eigenvalue weighted by atomic mass is 10.1. The van der Waals surface area contributed by atoms with Crippen LogP contribution >= 0.6 is 0 Å². The molecule has 0 spiro atoms. The summed E-state index contributed by atoms with van der Waals surface area (Å²) in [6.45, 7) is 4.70. The zero-order chi connectivity index (χ0) is 12.6. The van der Waals surface area contributed by atoms with Gasteiger partial charge >= 0.3 is 0 Å². The second kappa shape index (κ2) is 15.5. The van der Waals surface area contributed by atoms with Crippen molar-refractivity contribution in [1.82, 2.24) is 0 Å². The summed E-state index contributed by atoms with van der Waals surface area (Å²) in [6.07, 6.45) is 15.6. The second-order valence-corrected chi connectivity index (χ2v) is 4.65. The minimum Gasteiger partial charge on any atom is -0.502 e. The van der Waals surface area contributed by atoms with Gasteiger partial charge in [0.25, 0.3) is 0 Å². The Hall–Kier alpha value is -0.500. The average Bonchev–Trinajstić information content (AvgIpc) is 2.35. The fraction of sp³-hybridized carbons (Fsp3) is 0.867. The van der Waals surface area contributed by atoms with Crippen LogP contribution in [0, 0.1) is 0 Å².